The van der Waals surface area contributed by atoms with Crippen LogP contribution in [0, 0.1) is 11.8 Å². The van der Waals surface area contributed by atoms with Crippen molar-refractivity contribution < 1.29 is 4.79 Å². The number of carbonyl (C=O) groups is 1. The van der Waals surface area contributed by atoms with Crippen molar-refractivity contribution >= 4 is 5.91 Å². The van der Waals surface area contributed by atoms with Crippen LogP contribution in [0.5, 0.6) is 0 Å². The summed E-state index contributed by atoms with van der Waals surface area (Å²) in [5.74, 6) is 1.29. The predicted octanol–water partition coefficient (Wildman–Crippen LogP) is 3.58. The number of nitrogens with one attached hydrogen (secondary N) is 1. The van der Waals surface area contributed by atoms with E-state index in [4.69, 9.17) is 0 Å². The molecule has 0 aliphatic carbocycles. The Hall–Kier alpha value is -1.35. The number of hydrogen-bond donors (Lipinski definition) is 1. The van der Waals surface area contributed by atoms with Crippen LogP contribution in [0.1, 0.15) is 52.8 Å². The van der Waals surface area contributed by atoms with Gasteiger partial charge in [-0.2, -0.15) is 0 Å². The van der Waals surface area contributed by atoms with Crippen molar-refractivity contribution in [1.29, 1.82) is 0 Å². The van der Waals surface area contributed by atoms with Crippen molar-refractivity contribution in [3.63, 3.8) is 0 Å². The molecule has 1 heterocycles. The molecule has 116 valence electrons. The van der Waals surface area contributed by atoms with Crippen LogP contribution in [0.15, 0.2) is 30.3 Å². The summed E-state index contributed by atoms with van der Waals surface area (Å²) in [6.45, 7) is 11.6. The largest absolute Gasteiger partial charge is 0.321 e. The Morgan fingerprint density at radius 1 is 1.24 bits per heavy atom. The average molecular weight is 288 g/mol. The maximum Gasteiger partial charge on any atom is 0.244 e. The van der Waals surface area contributed by atoms with Gasteiger partial charge in [0.25, 0.3) is 0 Å². The fourth-order valence-corrected chi connectivity index (χ4v) is 2.74. The minimum atomic E-state index is -0.447. The highest BCUT2D eigenvalue weighted by Crippen LogP contribution is 2.33. The number of nitrogens with zero attached hydrogens (tertiary/aromatic N) is 1. The number of carbonyl (C=O) groups excluding carboxylic acids is 1. The lowest BCUT2D eigenvalue weighted by molar-refractivity contribution is -0.133. The smallest absolute Gasteiger partial charge is 0.244 e. The standard InChI is InChI=1S/C18H28N2O/c1-6-18(5)17(21)20(12-14(4)13(2)3)16(19-18)15-10-8-7-9-11-15/h7-11,13-14,16,19H,6,12H2,1-5H3. The van der Waals surface area contributed by atoms with Crippen LogP contribution in [0.25, 0.3) is 0 Å². The summed E-state index contributed by atoms with van der Waals surface area (Å²) in [6, 6.07) is 10.3. The fourth-order valence-electron chi connectivity index (χ4n) is 2.74. The van der Waals surface area contributed by atoms with E-state index >= 15 is 0 Å². The third-order valence-electron chi connectivity index (χ3n) is 4.95. The minimum Gasteiger partial charge on any atom is -0.321 e. The first-order valence-corrected chi connectivity index (χ1v) is 8.02. The molecule has 1 aliphatic rings. The Morgan fingerprint density at radius 2 is 1.86 bits per heavy atom. The highest BCUT2D eigenvalue weighted by Gasteiger charge is 2.47. The molecule has 0 spiro atoms. The molecule has 1 aliphatic heterocycles. The van der Waals surface area contributed by atoms with Crippen molar-refractivity contribution in [2.24, 2.45) is 11.8 Å². The molecule has 2 rings (SSSR count). The van der Waals surface area contributed by atoms with Crippen LogP contribution in [0.3, 0.4) is 0 Å². The molecule has 1 N–H and O–H groups in total. The van der Waals surface area contributed by atoms with Gasteiger partial charge in [-0.15, -0.1) is 0 Å². The lowest BCUT2D eigenvalue weighted by Crippen LogP contribution is -2.43. The molecule has 0 bridgehead atoms. The first-order valence-electron chi connectivity index (χ1n) is 8.02. The SMILES string of the molecule is CCC1(C)NC(c2ccccc2)N(CC(C)C(C)C)C1=O. The Kier molecular flexibility index (Phi) is 4.72. The molecule has 1 saturated heterocycles. The fraction of sp³-hybridized carbons (Fsp3) is 0.611. The van der Waals surface area contributed by atoms with Crippen molar-refractivity contribution in [2.75, 3.05) is 6.54 Å². The van der Waals surface area contributed by atoms with Crippen molar-refractivity contribution in [2.45, 2.75) is 52.7 Å². The molecule has 0 saturated carbocycles. The van der Waals surface area contributed by atoms with E-state index < -0.39 is 5.54 Å². The van der Waals surface area contributed by atoms with Crippen LogP contribution >= 0.6 is 0 Å². The normalized spacial score (nSPS) is 27.4. The molecular formula is C18H28N2O. The minimum absolute atomic E-state index is 0.00940. The van der Waals surface area contributed by atoms with Gasteiger partial charge in [-0.3, -0.25) is 10.1 Å². The highest BCUT2D eigenvalue weighted by molar-refractivity contribution is 5.88. The Bertz CT molecular complexity index is 485. The van der Waals surface area contributed by atoms with Gasteiger partial charge in [0.2, 0.25) is 5.91 Å². The Morgan fingerprint density at radius 3 is 2.38 bits per heavy atom. The summed E-state index contributed by atoms with van der Waals surface area (Å²) in [5, 5.41) is 3.55. The molecule has 3 atom stereocenters. The zero-order valence-electron chi connectivity index (χ0n) is 13.9. The number of amides is 1. The number of hydrogen-bond acceptors (Lipinski definition) is 2. The molecule has 1 fully saturated rings. The Labute approximate surface area is 128 Å². The van der Waals surface area contributed by atoms with E-state index in [2.05, 4.69) is 45.1 Å². The van der Waals surface area contributed by atoms with Crippen LogP contribution in [0.2, 0.25) is 0 Å². The molecule has 3 heteroatoms. The van der Waals surface area contributed by atoms with Gasteiger partial charge in [0.1, 0.15) is 6.17 Å². The van der Waals surface area contributed by atoms with E-state index in [1.165, 1.54) is 5.56 Å². The lowest BCUT2D eigenvalue weighted by atomic mass is 9.96. The van der Waals surface area contributed by atoms with Crippen LogP contribution in [-0.4, -0.2) is 22.9 Å². The van der Waals surface area contributed by atoms with Gasteiger partial charge in [-0.05, 0) is 30.7 Å². The first-order chi connectivity index (χ1) is 9.89. The summed E-state index contributed by atoms with van der Waals surface area (Å²) < 4.78 is 0. The van der Waals surface area contributed by atoms with E-state index in [-0.39, 0.29) is 12.1 Å². The third-order valence-corrected chi connectivity index (χ3v) is 4.95. The summed E-state index contributed by atoms with van der Waals surface area (Å²) in [5.41, 5.74) is 0.719. The van der Waals surface area contributed by atoms with Crippen molar-refractivity contribution in [1.82, 2.24) is 10.2 Å². The molecule has 1 aromatic rings. The van der Waals surface area contributed by atoms with Gasteiger partial charge >= 0.3 is 0 Å². The van der Waals surface area contributed by atoms with E-state index in [9.17, 15) is 4.79 Å². The van der Waals surface area contributed by atoms with Gasteiger partial charge in [-0.1, -0.05) is 58.0 Å². The molecular weight excluding hydrogens is 260 g/mol. The molecule has 3 nitrogen and oxygen atoms in total. The maximum atomic E-state index is 12.9. The summed E-state index contributed by atoms with van der Waals surface area (Å²) in [4.78, 5) is 14.9. The summed E-state index contributed by atoms with van der Waals surface area (Å²) >= 11 is 0. The van der Waals surface area contributed by atoms with Crippen molar-refractivity contribution in [3.05, 3.63) is 35.9 Å². The lowest BCUT2D eigenvalue weighted by Gasteiger charge is -2.29. The second kappa shape index (κ2) is 6.18. The zero-order chi connectivity index (χ0) is 15.6. The van der Waals surface area contributed by atoms with E-state index in [1.807, 2.05) is 30.0 Å². The van der Waals surface area contributed by atoms with E-state index in [0.717, 1.165) is 13.0 Å². The molecule has 21 heavy (non-hydrogen) atoms. The average Bonchev–Trinajstić information content (AvgIpc) is 2.74. The highest BCUT2D eigenvalue weighted by atomic mass is 16.2. The van der Waals surface area contributed by atoms with Crippen LogP contribution in [0.4, 0.5) is 0 Å². The van der Waals surface area contributed by atoms with E-state index in [0.29, 0.717) is 11.8 Å². The van der Waals surface area contributed by atoms with Crippen molar-refractivity contribution in [3.8, 4) is 0 Å². The second-order valence-electron chi connectivity index (χ2n) is 6.82. The topological polar surface area (TPSA) is 32.3 Å². The predicted molar refractivity (Wildman–Crippen MR) is 86.7 cm³/mol. The van der Waals surface area contributed by atoms with Crippen LogP contribution < -0.4 is 5.32 Å². The van der Waals surface area contributed by atoms with Gasteiger partial charge in [0.05, 0.1) is 5.54 Å². The Balaban J connectivity index is 2.30. The molecule has 3 unspecified atom stereocenters. The molecule has 0 aromatic heterocycles. The molecule has 0 radical (unpaired) electrons. The monoisotopic (exact) mass is 288 g/mol. The zero-order valence-corrected chi connectivity index (χ0v) is 13.9. The van der Waals surface area contributed by atoms with Gasteiger partial charge in [0, 0.05) is 6.54 Å². The quantitative estimate of drug-likeness (QED) is 0.898. The number of benzene rings is 1. The summed E-state index contributed by atoms with van der Waals surface area (Å²) in [6.07, 6.45) is 0.798. The van der Waals surface area contributed by atoms with Gasteiger partial charge in [-0.25, -0.2) is 0 Å². The first kappa shape index (κ1) is 16.0. The third kappa shape index (κ3) is 3.13. The number of rotatable bonds is 5. The summed E-state index contributed by atoms with van der Waals surface area (Å²) in [7, 11) is 0. The van der Waals surface area contributed by atoms with Gasteiger partial charge in [0.15, 0.2) is 0 Å². The van der Waals surface area contributed by atoms with Crippen LogP contribution in [-0.2, 0) is 4.79 Å². The van der Waals surface area contributed by atoms with Gasteiger partial charge < -0.3 is 4.90 Å². The second-order valence-corrected chi connectivity index (χ2v) is 6.82. The van der Waals surface area contributed by atoms with E-state index in [1.54, 1.807) is 0 Å². The molecule has 1 amide bonds. The maximum absolute atomic E-state index is 12.9. The molecule has 1 aromatic carbocycles.